The first kappa shape index (κ1) is 31.4. The number of amides is 1. The van der Waals surface area contributed by atoms with Gasteiger partial charge in [0.1, 0.15) is 12.4 Å². The lowest BCUT2D eigenvalue weighted by Crippen LogP contribution is -2.40. The van der Waals surface area contributed by atoms with Gasteiger partial charge in [-0.05, 0) is 81.1 Å². The minimum absolute atomic E-state index is 0.0334. The van der Waals surface area contributed by atoms with Crippen molar-refractivity contribution in [1.29, 1.82) is 0 Å². The Morgan fingerprint density at radius 2 is 1.79 bits per heavy atom. The van der Waals surface area contributed by atoms with Crippen LogP contribution in [0.2, 0.25) is 5.02 Å². The van der Waals surface area contributed by atoms with E-state index in [1.807, 2.05) is 81.4 Å². The quantitative estimate of drug-likeness (QED) is 0.165. The van der Waals surface area contributed by atoms with Crippen molar-refractivity contribution in [2.75, 3.05) is 12.9 Å². The van der Waals surface area contributed by atoms with Crippen LogP contribution in [0.15, 0.2) is 78.9 Å². The predicted octanol–water partition coefficient (Wildman–Crippen LogP) is 7.97. The Balaban J connectivity index is 1.48. The second-order valence-corrected chi connectivity index (χ2v) is 12.8. The lowest BCUT2D eigenvalue weighted by molar-refractivity contribution is -0.122. The predicted molar refractivity (Wildman–Crippen MR) is 171 cm³/mol. The second kappa shape index (κ2) is 14.6. The molecule has 3 aromatic carbocycles. The van der Waals surface area contributed by atoms with Gasteiger partial charge in [0, 0.05) is 33.4 Å². The Morgan fingerprint density at radius 1 is 1.00 bits per heavy atom. The Hall–Kier alpha value is -3.55. The van der Waals surface area contributed by atoms with E-state index in [-0.39, 0.29) is 22.7 Å². The number of carbonyl (C=O) groups excluding carboxylic acids is 2. The number of benzene rings is 3. The van der Waals surface area contributed by atoms with Gasteiger partial charge in [-0.25, -0.2) is 9.78 Å². The van der Waals surface area contributed by atoms with Gasteiger partial charge < -0.3 is 14.8 Å². The number of esters is 1. The molecule has 4 aromatic rings. The van der Waals surface area contributed by atoms with Crippen LogP contribution in [0.25, 0.3) is 10.9 Å². The highest BCUT2D eigenvalue weighted by Crippen LogP contribution is 2.36. The molecule has 1 atom stereocenters. The van der Waals surface area contributed by atoms with Crippen LogP contribution >= 0.6 is 23.4 Å². The molecule has 0 radical (unpaired) electrons. The lowest BCUT2D eigenvalue weighted by atomic mass is 9.99. The van der Waals surface area contributed by atoms with E-state index in [9.17, 15) is 9.59 Å². The molecule has 6 nitrogen and oxygen atoms in total. The van der Waals surface area contributed by atoms with Gasteiger partial charge in [0.15, 0.2) is 0 Å². The number of ether oxygens (including phenoxy) is 2. The summed E-state index contributed by atoms with van der Waals surface area (Å²) >= 11 is 7.89. The molecule has 1 N–H and O–H groups in total. The van der Waals surface area contributed by atoms with Crippen LogP contribution in [-0.2, 0) is 22.6 Å². The fourth-order valence-corrected chi connectivity index (χ4v) is 6.01. The third-order valence-electron chi connectivity index (χ3n) is 6.59. The SMILES string of the molecule is COC(=O)c1ccccc1CCC(SCCC(=O)NC(C)(C)C)c1cccc(OCc2ccc3ccc(Cl)cc3n2)c1. The molecular weight excluding hydrogens is 568 g/mol. The zero-order valence-electron chi connectivity index (χ0n) is 24.5. The first-order valence-electron chi connectivity index (χ1n) is 14.0. The topological polar surface area (TPSA) is 77.5 Å². The number of aromatic nitrogens is 1. The number of halogens is 1. The Bertz CT molecular complexity index is 1540. The molecule has 220 valence electrons. The molecule has 8 heteroatoms. The summed E-state index contributed by atoms with van der Waals surface area (Å²) < 4.78 is 11.1. The molecule has 0 aliphatic rings. The summed E-state index contributed by atoms with van der Waals surface area (Å²) in [4.78, 5) is 29.5. The minimum Gasteiger partial charge on any atom is -0.487 e. The van der Waals surface area contributed by atoms with Crippen molar-refractivity contribution >= 4 is 46.1 Å². The number of thioether (sulfide) groups is 1. The maximum Gasteiger partial charge on any atom is 0.338 e. The fraction of sp³-hybridized carbons (Fsp3) is 0.324. The van der Waals surface area contributed by atoms with Crippen LogP contribution < -0.4 is 10.1 Å². The highest BCUT2D eigenvalue weighted by Gasteiger charge is 2.19. The first-order valence-corrected chi connectivity index (χ1v) is 15.4. The molecular formula is C34H37ClN2O4S. The van der Waals surface area contributed by atoms with Gasteiger partial charge in [-0.15, -0.1) is 0 Å². The van der Waals surface area contributed by atoms with E-state index in [2.05, 4.69) is 17.4 Å². The number of nitrogens with one attached hydrogen (secondary N) is 1. The summed E-state index contributed by atoms with van der Waals surface area (Å²) in [5, 5.41) is 4.79. The fourth-order valence-electron chi connectivity index (χ4n) is 4.63. The Morgan fingerprint density at radius 3 is 2.57 bits per heavy atom. The van der Waals surface area contributed by atoms with E-state index in [0.29, 0.717) is 35.8 Å². The molecule has 1 unspecified atom stereocenters. The van der Waals surface area contributed by atoms with E-state index >= 15 is 0 Å². The number of fused-ring (bicyclic) bond motifs is 1. The van der Waals surface area contributed by atoms with Crippen LogP contribution in [0, 0.1) is 0 Å². The third-order valence-corrected chi connectivity index (χ3v) is 8.17. The second-order valence-electron chi connectivity index (χ2n) is 11.1. The van der Waals surface area contributed by atoms with Gasteiger partial charge >= 0.3 is 5.97 Å². The molecule has 1 amide bonds. The monoisotopic (exact) mass is 604 g/mol. The number of rotatable bonds is 12. The number of aryl methyl sites for hydroxylation is 1. The zero-order chi connectivity index (χ0) is 30.1. The summed E-state index contributed by atoms with van der Waals surface area (Å²) in [5.41, 5.74) is 3.99. The third kappa shape index (κ3) is 9.23. The smallest absolute Gasteiger partial charge is 0.338 e. The Kier molecular flexibility index (Phi) is 10.9. The normalized spacial score (nSPS) is 12.1. The largest absolute Gasteiger partial charge is 0.487 e. The molecule has 0 aliphatic carbocycles. The van der Waals surface area contributed by atoms with Crippen molar-refractivity contribution in [2.24, 2.45) is 0 Å². The van der Waals surface area contributed by atoms with Crippen LogP contribution in [0.3, 0.4) is 0 Å². The van der Waals surface area contributed by atoms with E-state index in [1.165, 1.54) is 7.11 Å². The van der Waals surface area contributed by atoms with E-state index < -0.39 is 0 Å². The van der Waals surface area contributed by atoms with Gasteiger partial charge in [-0.2, -0.15) is 11.8 Å². The molecule has 1 heterocycles. The van der Waals surface area contributed by atoms with Gasteiger partial charge in [0.25, 0.3) is 0 Å². The Labute approximate surface area is 257 Å². The van der Waals surface area contributed by atoms with E-state index in [4.69, 9.17) is 26.1 Å². The average Bonchev–Trinajstić information content (AvgIpc) is 2.96. The van der Waals surface area contributed by atoms with Crippen molar-refractivity contribution in [3.05, 3.63) is 106 Å². The van der Waals surface area contributed by atoms with Crippen molar-refractivity contribution in [1.82, 2.24) is 10.3 Å². The van der Waals surface area contributed by atoms with Crippen molar-refractivity contribution in [3.8, 4) is 5.75 Å². The number of methoxy groups -OCH3 is 1. The molecule has 0 spiro atoms. The van der Waals surface area contributed by atoms with Gasteiger partial charge in [-0.3, -0.25) is 4.79 Å². The highest BCUT2D eigenvalue weighted by atomic mass is 35.5. The number of nitrogens with zero attached hydrogens (tertiary/aromatic N) is 1. The van der Waals surface area contributed by atoms with Crippen molar-refractivity contribution in [2.45, 2.75) is 57.4 Å². The molecule has 0 fully saturated rings. The van der Waals surface area contributed by atoms with Gasteiger partial charge in [-0.1, -0.05) is 54.1 Å². The lowest BCUT2D eigenvalue weighted by Gasteiger charge is -2.22. The molecule has 0 saturated heterocycles. The molecule has 1 aromatic heterocycles. The summed E-state index contributed by atoms with van der Waals surface area (Å²) in [7, 11) is 1.40. The van der Waals surface area contributed by atoms with Crippen molar-refractivity contribution in [3.63, 3.8) is 0 Å². The summed E-state index contributed by atoms with van der Waals surface area (Å²) in [6, 6.07) is 25.2. The standard InChI is InChI=1S/C34H37ClN2O4S/c1-34(2,3)37-32(38)18-19-42-31(17-14-23-8-5-6-11-29(23)33(39)40-4)25-9-7-10-28(20-25)41-22-27-16-13-24-12-15-26(35)21-30(24)36-27/h5-13,15-16,20-21,31H,14,17-19,22H2,1-4H3,(H,37,38). The van der Waals surface area contributed by atoms with Gasteiger partial charge in [0.2, 0.25) is 5.91 Å². The maximum absolute atomic E-state index is 12.5. The van der Waals surface area contributed by atoms with Crippen LogP contribution in [-0.4, -0.2) is 35.3 Å². The molecule has 0 bridgehead atoms. The number of hydrogen-bond donors (Lipinski definition) is 1. The molecule has 0 aliphatic heterocycles. The van der Waals surface area contributed by atoms with Crippen LogP contribution in [0.4, 0.5) is 0 Å². The van der Waals surface area contributed by atoms with Crippen molar-refractivity contribution < 1.29 is 19.1 Å². The zero-order valence-corrected chi connectivity index (χ0v) is 26.1. The molecule has 4 rings (SSSR count). The minimum atomic E-state index is -0.339. The summed E-state index contributed by atoms with van der Waals surface area (Å²) in [6.07, 6.45) is 1.88. The molecule has 0 saturated carbocycles. The summed E-state index contributed by atoms with van der Waals surface area (Å²) in [5.74, 6) is 1.10. The maximum atomic E-state index is 12.5. The van der Waals surface area contributed by atoms with Crippen LogP contribution in [0.1, 0.15) is 66.0 Å². The number of hydrogen-bond acceptors (Lipinski definition) is 6. The molecule has 42 heavy (non-hydrogen) atoms. The summed E-state index contributed by atoms with van der Waals surface area (Å²) in [6.45, 7) is 6.26. The highest BCUT2D eigenvalue weighted by molar-refractivity contribution is 7.99. The van der Waals surface area contributed by atoms with Gasteiger partial charge in [0.05, 0.1) is 23.9 Å². The average molecular weight is 605 g/mol. The number of carbonyl (C=O) groups is 2. The first-order chi connectivity index (χ1) is 20.1. The van der Waals surface area contributed by atoms with Crippen LogP contribution in [0.5, 0.6) is 5.75 Å². The van der Waals surface area contributed by atoms with E-state index in [0.717, 1.165) is 39.9 Å². The van der Waals surface area contributed by atoms with E-state index in [1.54, 1.807) is 17.8 Å². The number of pyridine rings is 1.